The van der Waals surface area contributed by atoms with Gasteiger partial charge in [0, 0.05) is 20.9 Å². The van der Waals surface area contributed by atoms with Crippen molar-refractivity contribution < 1.29 is 36.3 Å². The van der Waals surface area contributed by atoms with Crippen LogP contribution in [0.5, 0.6) is 0 Å². The van der Waals surface area contributed by atoms with E-state index < -0.39 is 11.9 Å². The normalized spacial score (nSPS) is 8.86. The van der Waals surface area contributed by atoms with Crippen molar-refractivity contribution in [1.82, 2.24) is 0 Å². The minimum atomic E-state index is -1.19. The van der Waals surface area contributed by atoms with E-state index in [1.54, 1.807) is 36.4 Å². The number of carbonyl (C=O) groups excluding carboxylic acids is 2. The van der Waals surface area contributed by atoms with Gasteiger partial charge in [0.1, 0.15) is 0 Å². The number of carboxylic acid groups (broad SMARTS) is 2. The van der Waals surface area contributed by atoms with Gasteiger partial charge in [-0.2, -0.15) is 0 Å². The summed E-state index contributed by atoms with van der Waals surface area (Å²) in [6, 6.07) is 12.8. The van der Waals surface area contributed by atoms with Crippen LogP contribution in [0.1, 0.15) is 20.7 Å². The first-order chi connectivity index (χ1) is 9.43. The summed E-state index contributed by atoms with van der Waals surface area (Å²) in [5, 5.41) is 20.5. The van der Waals surface area contributed by atoms with Crippen molar-refractivity contribution in [3.63, 3.8) is 0 Å². The third kappa shape index (κ3) is 6.25. The molecule has 4 nitrogen and oxygen atoms in total. The van der Waals surface area contributed by atoms with Gasteiger partial charge >= 0.3 is 16.5 Å². The van der Waals surface area contributed by atoms with Gasteiger partial charge in [0.25, 0.3) is 0 Å². The number of rotatable bonds is 2. The Balaban J connectivity index is 0.000000364. The van der Waals surface area contributed by atoms with Crippen molar-refractivity contribution in [2.24, 2.45) is 0 Å². The molecule has 0 radical (unpaired) electrons. The number of aromatic carboxylic acids is 2. The molecule has 112 valence electrons. The van der Waals surface area contributed by atoms with Crippen LogP contribution in [0.25, 0.3) is 0 Å². The van der Waals surface area contributed by atoms with E-state index in [1.165, 1.54) is 12.1 Å². The zero-order valence-electron chi connectivity index (χ0n) is 10.5. The van der Waals surface area contributed by atoms with Gasteiger partial charge < -0.3 is 19.8 Å². The van der Waals surface area contributed by atoms with Gasteiger partial charge in [-0.25, -0.2) is 0 Å². The molecule has 0 heterocycles. The van der Waals surface area contributed by atoms with Crippen molar-refractivity contribution in [3.05, 3.63) is 59.7 Å². The average Bonchev–Trinajstić information content (AvgIpc) is 2.40. The Hall–Kier alpha value is -1.43. The van der Waals surface area contributed by atoms with Crippen LogP contribution in [0.3, 0.4) is 0 Å². The molecule has 0 bridgehead atoms. The fourth-order valence-corrected chi connectivity index (χ4v) is 1.80. The number of hydrogen-bond acceptors (Lipinski definition) is 6. The number of hydrogen-bond donors (Lipinski definition) is 2. The SMILES string of the molecule is O=C([O-])c1ccccc1S.O=C([O-])c1ccccc1S.[Ni+2]. The van der Waals surface area contributed by atoms with E-state index in [2.05, 4.69) is 25.3 Å². The Morgan fingerprint density at radius 1 is 0.714 bits per heavy atom. The molecule has 0 aromatic heterocycles. The van der Waals surface area contributed by atoms with E-state index in [9.17, 15) is 19.8 Å². The maximum Gasteiger partial charge on any atom is 2.00 e. The third-order valence-corrected chi connectivity index (χ3v) is 3.03. The van der Waals surface area contributed by atoms with Gasteiger partial charge in [0.2, 0.25) is 0 Å². The van der Waals surface area contributed by atoms with Crippen LogP contribution in [0.2, 0.25) is 0 Å². The molecule has 0 N–H and O–H groups in total. The molecule has 0 aliphatic carbocycles. The van der Waals surface area contributed by atoms with E-state index >= 15 is 0 Å². The molecule has 0 fully saturated rings. The van der Waals surface area contributed by atoms with Crippen LogP contribution >= 0.6 is 25.3 Å². The minimum Gasteiger partial charge on any atom is -0.545 e. The first kappa shape index (κ1) is 19.6. The Bertz CT molecular complexity index is 576. The molecule has 21 heavy (non-hydrogen) atoms. The molecule has 0 saturated heterocycles. The summed E-state index contributed by atoms with van der Waals surface area (Å²) in [6.45, 7) is 0. The minimum absolute atomic E-state index is 0. The van der Waals surface area contributed by atoms with Crippen molar-refractivity contribution in [2.75, 3.05) is 0 Å². The number of benzene rings is 2. The largest absolute Gasteiger partial charge is 2.00 e. The molecule has 0 spiro atoms. The number of carboxylic acids is 2. The summed E-state index contributed by atoms with van der Waals surface area (Å²) in [5.74, 6) is -2.38. The Morgan fingerprint density at radius 3 is 1.19 bits per heavy atom. The standard InChI is InChI=1S/2C7H6O2S.Ni/c2*8-7(9)5-3-1-2-4-6(5)10;/h2*1-4,10H,(H,8,9);/q;;+2/p-2. The summed E-state index contributed by atoms with van der Waals surface area (Å²) >= 11 is 7.83. The maximum atomic E-state index is 10.3. The fraction of sp³-hybridized carbons (Fsp3) is 0. The van der Waals surface area contributed by atoms with E-state index in [-0.39, 0.29) is 27.6 Å². The summed E-state index contributed by atoms with van der Waals surface area (Å²) in [5.41, 5.74) is 0.261. The van der Waals surface area contributed by atoms with Crippen LogP contribution in [0.4, 0.5) is 0 Å². The van der Waals surface area contributed by atoms with Crippen LogP contribution < -0.4 is 10.2 Å². The van der Waals surface area contributed by atoms with Crippen molar-refractivity contribution in [1.29, 1.82) is 0 Å². The number of carbonyl (C=O) groups is 2. The van der Waals surface area contributed by atoms with Crippen molar-refractivity contribution in [2.45, 2.75) is 9.79 Å². The van der Waals surface area contributed by atoms with E-state index in [4.69, 9.17) is 0 Å². The predicted molar refractivity (Wildman–Crippen MR) is 76.0 cm³/mol. The number of thiol groups is 2. The van der Waals surface area contributed by atoms with Crippen molar-refractivity contribution in [3.8, 4) is 0 Å². The second-order valence-corrected chi connectivity index (χ2v) is 4.57. The summed E-state index contributed by atoms with van der Waals surface area (Å²) in [4.78, 5) is 21.4. The quantitative estimate of drug-likeness (QED) is 0.606. The van der Waals surface area contributed by atoms with Gasteiger partial charge in [0.15, 0.2) is 0 Å². The van der Waals surface area contributed by atoms with Gasteiger partial charge in [0.05, 0.1) is 11.9 Å². The summed E-state index contributed by atoms with van der Waals surface area (Å²) < 4.78 is 0. The predicted octanol–water partition coefficient (Wildman–Crippen LogP) is 0.675. The molecule has 7 heteroatoms. The smallest absolute Gasteiger partial charge is 0.545 e. The fourth-order valence-electron chi connectivity index (χ4n) is 1.29. The van der Waals surface area contributed by atoms with Gasteiger partial charge in [-0.15, -0.1) is 25.3 Å². The molecular formula is C14H10NiO4S2. The molecule has 0 atom stereocenters. The van der Waals surface area contributed by atoms with Gasteiger partial charge in [-0.1, -0.05) is 36.4 Å². The van der Waals surface area contributed by atoms with Gasteiger partial charge in [-0.3, -0.25) is 0 Å². The van der Waals surface area contributed by atoms with E-state index in [1.807, 2.05) is 0 Å². The van der Waals surface area contributed by atoms with Crippen LogP contribution in [0, 0.1) is 0 Å². The van der Waals surface area contributed by atoms with Crippen LogP contribution in [0.15, 0.2) is 58.3 Å². The summed E-state index contributed by atoms with van der Waals surface area (Å²) in [7, 11) is 0. The zero-order valence-corrected chi connectivity index (χ0v) is 13.2. The second kappa shape index (κ2) is 9.50. The van der Waals surface area contributed by atoms with E-state index in [0.717, 1.165) is 0 Å². The summed E-state index contributed by atoms with van der Waals surface area (Å²) in [6.07, 6.45) is 0. The molecule has 0 aliphatic rings. The molecular weight excluding hydrogens is 355 g/mol. The molecule has 0 saturated carbocycles. The molecule has 0 unspecified atom stereocenters. The first-order valence-corrected chi connectivity index (χ1v) is 6.31. The maximum absolute atomic E-state index is 10.3. The second-order valence-electron chi connectivity index (χ2n) is 3.61. The molecule has 2 aromatic rings. The monoisotopic (exact) mass is 364 g/mol. The first-order valence-electron chi connectivity index (χ1n) is 5.42. The Morgan fingerprint density at radius 2 is 1.00 bits per heavy atom. The Labute approximate surface area is 142 Å². The third-order valence-electron chi connectivity index (χ3n) is 2.25. The molecule has 0 aliphatic heterocycles. The average molecular weight is 365 g/mol. The van der Waals surface area contributed by atoms with E-state index in [0.29, 0.717) is 9.79 Å². The van der Waals surface area contributed by atoms with Crippen LogP contribution in [-0.4, -0.2) is 11.9 Å². The Kier molecular flexibility index (Phi) is 8.85. The van der Waals surface area contributed by atoms with Crippen molar-refractivity contribution >= 4 is 37.2 Å². The molecule has 2 aromatic carbocycles. The topological polar surface area (TPSA) is 80.3 Å². The molecule has 2 rings (SSSR count). The van der Waals surface area contributed by atoms with Crippen LogP contribution in [-0.2, 0) is 16.5 Å². The van der Waals surface area contributed by atoms with Gasteiger partial charge in [-0.05, 0) is 12.1 Å². The zero-order chi connectivity index (χ0) is 15.1. The molecule has 0 amide bonds.